The van der Waals surface area contributed by atoms with Gasteiger partial charge < -0.3 is 10.1 Å². The minimum Gasteiger partial charge on any atom is -0.493 e. The zero-order chi connectivity index (χ0) is 19.9. The summed E-state index contributed by atoms with van der Waals surface area (Å²) < 4.78 is 14.6. The molecule has 6 heteroatoms. The van der Waals surface area contributed by atoms with E-state index >= 15 is 0 Å². The molecule has 0 fully saturated rings. The van der Waals surface area contributed by atoms with Gasteiger partial charge in [-0.25, -0.2) is 9.37 Å². The highest BCUT2D eigenvalue weighted by Crippen LogP contribution is 2.33. The Morgan fingerprint density at radius 1 is 1.04 bits per heavy atom. The van der Waals surface area contributed by atoms with Crippen LogP contribution in [0.3, 0.4) is 0 Å². The summed E-state index contributed by atoms with van der Waals surface area (Å²) in [6.07, 6.45) is 1.28. The molecule has 2 N–H and O–H groups in total. The van der Waals surface area contributed by atoms with Crippen molar-refractivity contribution in [2.45, 2.75) is 39.0 Å². The van der Waals surface area contributed by atoms with Crippen LogP contribution in [0.5, 0.6) is 5.88 Å². The molecule has 4 aromatic rings. The van der Waals surface area contributed by atoms with Gasteiger partial charge in [-0.3, -0.25) is 0 Å². The van der Waals surface area contributed by atoms with E-state index in [0.717, 1.165) is 27.9 Å². The van der Waals surface area contributed by atoms with Gasteiger partial charge >= 0.3 is 0 Å². The Balaban J connectivity index is 1.73. The number of benzene rings is 2. The smallest absolute Gasteiger partial charge is 0.232 e. The number of rotatable bonds is 4. The molecule has 2 aromatic carbocycles. The molecule has 0 saturated heterocycles. The van der Waals surface area contributed by atoms with E-state index in [4.69, 9.17) is 0 Å². The summed E-state index contributed by atoms with van der Waals surface area (Å²) in [6.45, 7) is 6.21. The molecule has 0 aliphatic rings. The summed E-state index contributed by atoms with van der Waals surface area (Å²) in [7, 11) is 0. The van der Waals surface area contributed by atoms with Gasteiger partial charge in [0.05, 0.1) is 16.7 Å². The van der Waals surface area contributed by atoms with Gasteiger partial charge in [0.2, 0.25) is 11.8 Å². The number of aromatic amines is 1. The van der Waals surface area contributed by atoms with E-state index < -0.39 is 0 Å². The molecule has 0 aliphatic carbocycles. The molecular weight excluding hydrogens is 355 g/mol. The lowest BCUT2D eigenvalue weighted by Crippen LogP contribution is -2.15. The molecule has 144 valence electrons. The monoisotopic (exact) mass is 378 g/mol. The molecule has 2 heterocycles. The molecule has 28 heavy (non-hydrogen) atoms. The number of imidazole rings is 1. The first-order valence-corrected chi connectivity index (χ1v) is 9.34. The molecule has 0 bridgehead atoms. The molecule has 2 aromatic heterocycles. The van der Waals surface area contributed by atoms with Crippen LogP contribution in [0.1, 0.15) is 37.6 Å². The summed E-state index contributed by atoms with van der Waals surface area (Å²) in [5.74, 6) is 0.322. The lowest BCUT2D eigenvalue weighted by molar-refractivity contribution is 0.425. The van der Waals surface area contributed by atoms with Crippen LogP contribution in [0.2, 0.25) is 0 Å². The average molecular weight is 378 g/mol. The quantitative estimate of drug-likeness (QED) is 0.542. The van der Waals surface area contributed by atoms with Gasteiger partial charge in [0.1, 0.15) is 5.82 Å². The van der Waals surface area contributed by atoms with Gasteiger partial charge in [-0.2, -0.15) is 9.78 Å². The van der Waals surface area contributed by atoms with Crippen molar-refractivity contribution in [3.05, 3.63) is 71.2 Å². The highest BCUT2D eigenvalue weighted by molar-refractivity contribution is 5.76. The van der Waals surface area contributed by atoms with Crippen molar-refractivity contribution in [1.29, 1.82) is 0 Å². The Hall–Kier alpha value is -3.15. The molecule has 0 radical (unpaired) electrons. The van der Waals surface area contributed by atoms with E-state index in [1.54, 1.807) is 12.1 Å². The van der Waals surface area contributed by atoms with E-state index in [-0.39, 0.29) is 17.1 Å². The van der Waals surface area contributed by atoms with Crippen molar-refractivity contribution < 1.29 is 9.50 Å². The maximum absolute atomic E-state index is 13.1. The number of H-pyrrole nitrogens is 1. The van der Waals surface area contributed by atoms with Crippen LogP contribution in [0.15, 0.2) is 48.5 Å². The van der Waals surface area contributed by atoms with E-state index in [2.05, 4.69) is 35.8 Å². The highest BCUT2D eigenvalue weighted by Gasteiger charge is 2.28. The van der Waals surface area contributed by atoms with Crippen LogP contribution >= 0.6 is 0 Å². The SMILES string of the molecule is CC(C)(C)c1nn(-c2nc3ccccc3[nH]2)c(O)c1CCc1ccc(F)cc1. The fourth-order valence-electron chi connectivity index (χ4n) is 3.38. The second kappa shape index (κ2) is 6.78. The third kappa shape index (κ3) is 3.38. The van der Waals surface area contributed by atoms with Gasteiger partial charge in [-0.15, -0.1) is 0 Å². The Labute approximate surface area is 162 Å². The minimum absolute atomic E-state index is 0.0890. The highest BCUT2D eigenvalue weighted by atomic mass is 19.1. The maximum Gasteiger partial charge on any atom is 0.232 e. The fourth-order valence-corrected chi connectivity index (χ4v) is 3.38. The largest absolute Gasteiger partial charge is 0.493 e. The van der Waals surface area contributed by atoms with Crippen LogP contribution in [-0.4, -0.2) is 24.9 Å². The molecule has 0 atom stereocenters. The second-order valence-electron chi connectivity index (χ2n) is 8.02. The molecule has 0 aliphatic heterocycles. The number of hydrogen-bond donors (Lipinski definition) is 2. The van der Waals surface area contributed by atoms with Gasteiger partial charge in [0, 0.05) is 11.0 Å². The normalized spacial score (nSPS) is 12.0. The Bertz CT molecular complexity index is 1090. The first-order chi connectivity index (χ1) is 13.3. The predicted octanol–water partition coefficient (Wildman–Crippen LogP) is 4.68. The van der Waals surface area contributed by atoms with Crippen LogP contribution in [0, 0.1) is 5.82 Å². The second-order valence-corrected chi connectivity index (χ2v) is 8.02. The number of halogens is 1. The third-order valence-electron chi connectivity index (χ3n) is 4.82. The standard InChI is InChI=1S/C22H23FN4O/c1-22(2,3)19-16(13-10-14-8-11-15(23)12-9-14)20(28)27(26-19)21-24-17-6-4-5-7-18(17)25-21/h4-9,11-12,28H,10,13H2,1-3H3,(H,24,25). The summed E-state index contributed by atoms with van der Waals surface area (Å²) in [6, 6.07) is 14.2. The predicted molar refractivity (Wildman–Crippen MR) is 107 cm³/mol. The van der Waals surface area contributed by atoms with Crippen LogP contribution < -0.4 is 0 Å². The molecule has 0 unspecified atom stereocenters. The number of para-hydroxylation sites is 2. The number of hydrogen-bond acceptors (Lipinski definition) is 3. The lowest BCUT2D eigenvalue weighted by atomic mass is 9.88. The minimum atomic E-state index is -0.250. The summed E-state index contributed by atoms with van der Waals surface area (Å²) >= 11 is 0. The number of aromatic nitrogens is 4. The van der Waals surface area contributed by atoms with Crippen molar-refractivity contribution in [1.82, 2.24) is 19.7 Å². The Morgan fingerprint density at radius 2 is 1.75 bits per heavy atom. The van der Waals surface area contributed by atoms with Gasteiger partial charge in [0.15, 0.2) is 0 Å². The summed E-state index contributed by atoms with van der Waals surface area (Å²) in [5, 5.41) is 15.6. The van der Waals surface area contributed by atoms with Crippen molar-refractivity contribution in [2.75, 3.05) is 0 Å². The first-order valence-electron chi connectivity index (χ1n) is 9.34. The molecule has 0 saturated carbocycles. The van der Waals surface area contributed by atoms with Crippen molar-refractivity contribution in [2.24, 2.45) is 0 Å². The molecule has 5 nitrogen and oxygen atoms in total. The lowest BCUT2D eigenvalue weighted by Gasteiger charge is -2.17. The maximum atomic E-state index is 13.1. The number of aromatic hydroxyl groups is 1. The van der Waals surface area contributed by atoms with Crippen molar-refractivity contribution in [3.63, 3.8) is 0 Å². The topological polar surface area (TPSA) is 66.7 Å². The summed E-state index contributed by atoms with van der Waals surface area (Å²) in [4.78, 5) is 7.76. The molecule has 0 amide bonds. The fraction of sp³-hybridized carbons (Fsp3) is 0.273. The van der Waals surface area contributed by atoms with E-state index in [0.29, 0.717) is 18.8 Å². The average Bonchev–Trinajstić information content (AvgIpc) is 3.22. The van der Waals surface area contributed by atoms with Crippen molar-refractivity contribution in [3.8, 4) is 11.8 Å². The van der Waals surface area contributed by atoms with E-state index in [9.17, 15) is 9.50 Å². The first kappa shape index (κ1) is 18.2. The Kier molecular flexibility index (Phi) is 4.41. The van der Waals surface area contributed by atoms with E-state index in [1.807, 2.05) is 24.3 Å². The van der Waals surface area contributed by atoms with E-state index in [1.165, 1.54) is 16.8 Å². The third-order valence-corrected chi connectivity index (χ3v) is 4.82. The number of nitrogens with one attached hydrogen (secondary N) is 1. The molecule has 4 rings (SSSR count). The van der Waals surface area contributed by atoms with Crippen molar-refractivity contribution >= 4 is 11.0 Å². The number of fused-ring (bicyclic) bond motifs is 1. The summed E-state index contributed by atoms with van der Waals surface area (Å²) in [5.41, 5.74) is 4.09. The molecule has 0 spiro atoms. The number of nitrogens with zero attached hydrogens (tertiary/aromatic N) is 3. The van der Waals surface area contributed by atoms with Crippen LogP contribution in [0.4, 0.5) is 4.39 Å². The zero-order valence-electron chi connectivity index (χ0n) is 16.2. The molecular formula is C22H23FN4O. The van der Waals surface area contributed by atoms with Gasteiger partial charge in [-0.05, 0) is 42.7 Å². The Morgan fingerprint density at radius 3 is 2.43 bits per heavy atom. The van der Waals surface area contributed by atoms with Gasteiger partial charge in [-0.1, -0.05) is 45.0 Å². The van der Waals surface area contributed by atoms with Crippen LogP contribution in [-0.2, 0) is 18.3 Å². The zero-order valence-corrected chi connectivity index (χ0v) is 16.2. The number of aryl methyl sites for hydroxylation is 1. The van der Waals surface area contributed by atoms with Crippen LogP contribution in [0.25, 0.3) is 17.0 Å². The van der Waals surface area contributed by atoms with Gasteiger partial charge in [0.25, 0.3) is 0 Å².